The van der Waals surface area contributed by atoms with Crippen molar-refractivity contribution in [1.29, 1.82) is 0 Å². The lowest BCUT2D eigenvalue weighted by atomic mass is 10.0. The summed E-state index contributed by atoms with van der Waals surface area (Å²) >= 11 is 5.93. The maximum atomic E-state index is 5.93. The van der Waals surface area contributed by atoms with Crippen molar-refractivity contribution in [1.82, 2.24) is 14.5 Å². The molecule has 2 aromatic rings. The van der Waals surface area contributed by atoms with E-state index < -0.39 is 0 Å². The van der Waals surface area contributed by atoms with E-state index in [2.05, 4.69) is 43.3 Å². The molecule has 0 unspecified atom stereocenters. The minimum absolute atomic E-state index is 0.384. The van der Waals surface area contributed by atoms with Crippen LogP contribution in [0.15, 0.2) is 18.5 Å². The van der Waals surface area contributed by atoms with Crippen LogP contribution in [0.2, 0.25) is 0 Å². The zero-order valence-electron chi connectivity index (χ0n) is 12.7. The van der Waals surface area contributed by atoms with Crippen LogP contribution in [0.1, 0.15) is 33.5 Å². The number of hydrogen-bond acceptors (Lipinski definition) is 2. The number of nitrogens with zero attached hydrogens (tertiary/aromatic N) is 3. The van der Waals surface area contributed by atoms with E-state index in [1.807, 2.05) is 12.4 Å². The Morgan fingerprint density at radius 1 is 1.25 bits per heavy atom. The van der Waals surface area contributed by atoms with Crippen molar-refractivity contribution >= 4 is 22.6 Å². The molecule has 0 aromatic carbocycles. The Hall–Kier alpha value is -1.09. The fourth-order valence-corrected chi connectivity index (χ4v) is 3.65. The molecule has 1 saturated carbocycles. The molecule has 1 aliphatic rings. The molecule has 1 fully saturated rings. The van der Waals surface area contributed by atoms with Crippen molar-refractivity contribution in [2.75, 3.05) is 5.88 Å². The highest BCUT2D eigenvalue weighted by atomic mass is 35.5. The number of halogens is 1. The van der Waals surface area contributed by atoms with E-state index >= 15 is 0 Å². The minimum Gasteiger partial charge on any atom is -0.328 e. The van der Waals surface area contributed by atoms with Crippen LogP contribution < -0.4 is 0 Å². The third kappa shape index (κ3) is 1.86. The second-order valence-electron chi connectivity index (χ2n) is 6.94. The summed E-state index contributed by atoms with van der Waals surface area (Å²) in [5.41, 5.74) is 2.92. The Labute approximate surface area is 125 Å². The van der Waals surface area contributed by atoms with Crippen LogP contribution >= 0.6 is 11.6 Å². The van der Waals surface area contributed by atoms with Gasteiger partial charge in [0.25, 0.3) is 0 Å². The summed E-state index contributed by atoms with van der Waals surface area (Å²) in [7, 11) is 0. The van der Waals surface area contributed by atoms with E-state index in [1.165, 1.54) is 5.52 Å². The van der Waals surface area contributed by atoms with Crippen molar-refractivity contribution in [3.63, 3.8) is 0 Å². The molecule has 0 N–H and O–H groups in total. The third-order valence-corrected chi connectivity index (χ3v) is 5.82. The first-order valence-corrected chi connectivity index (χ1v) is 7.78. The Morgan fingerprint density at radius 3 is 2.55 bits per heavy atom. The average Bonchev–Trinajstić information content (AvgIpc) is 2.70. The van der Waals surface area contributed by atoms with Gasteiger partial charge in [0.1, 0.15) is 11.3 Å². The predicted octanol–water partition coefficient (Wildman–Crippen LogP) is 3.89. The molecule has 0 bridgehead atoms. The minimum atomic E-state index is 0.384. The normalized spacial score (nSPS) is 20.4. The highest BCUT2D eigenvalue weighted by Crippen LogP contribution is 2.69. The number of alkyl halides is 1. The molecule has 4 heteroatoms. The van der Waals surface area contributed by atoms with Gasteiger partial charge < -0.3 is 4.57 Å². The fraction of sp³-hybridized carbons (Fsp3) is 0.625. The van der Waals surface area contributed by atoms with E-state index in [0.717, 1.165) is 24.3 Å². The molecule has 0 aliphatic heterocycles. The second-order valence-corrected chi connectivity index (χ2v) is 7.32. The first-order valence-electron chi connectivity index (χ1n) is 7.24. The number of hydrogen-bond donors (Lipinski definition) is 0. The van der Waals surface area contributed by atoms with E-state index in [1.54, 1.807) is 0 Å². The SMILES string of the molecule is CC1(C)C(Cn2c(CCCl)nc3cnccc32)C1(C)C. The summed E-state index contributed by atoms with van der Waals surface area (Å²) in [5.74, 6) is 2.37. The second kappa shape index (κ2) is 4.45. The summed E-state index contributed by atoms with van der Waals surface area (Å²) in [6.45, 7) is 10.5. The molecule has 20 heavy (non-hydrogen) atoms. The van der Waals surface area contributed by atoms with Crippen LogP contribution in [-0.4, -0.2) is 20.4 Å². The van der Waals surface area contributed by atoms with Gasteiger partial charge in [-0.05, 0) is 22.8 Å². The van der Waals surface area contributed by atoms with Gasteiger partial charge in [0.15, 0.2) is 0 Å². The van der Waals surface area contributed by atoms with Gasteiger partial charge in [0, 0.05) is 25.0 Å². The monoisotopic (exact) mass is 291 g/mol. The molecule has 0 spiro atoms. The van der Waals surface area contributed by atoms with Gasteiger partial charge in [-0.3, -0.25) is 4.98 Å². The van der Waals surface area contributed by atoms with Crippen molar-refractivity contribution in [3.05, 3.63) is 24.3 Å². The van der Waals surface area contributed by atoms with Gasteiger partial charge >= 0.3 is 0 Å². The highest BCUT2D eigenvalue weighted by Gasteiger charge is 2.64. The average molecular weight is 292 g/mol. The predicted molar refractivity (Wildman–Crippen MR) is 83.0 cm³/mol. The van der Waals surface area contributed by atoms with Gasteiger partial charge in [-0.1, -0.05) is 27.7 Å². The number of pyridine rings is 1. The number of fused-ring (bicyclic) bond motifs is 1. The van der Waals surface area contributed by atoms with Crippen molar-refractivity contribution in [2.45, 2.75) is 40.7 Å². The zero-order chi connectivity index (χ0) is 14.5. The third-order valence-electron chi connectivity index (χ3n) is 5.63. The van der Waals surface area contributed by atoms with Gasteiger partial charge in [-0.15, -0.1) is 11.6 Å². The van der Waals surface area contributed by atoms with Crippen LogP contribution in [0.5, 0.6) is 0 Å². The Morgan fingerprint density at radius 2 is 1.95 bits per heavy atom. The quantitative estimate of drug-likeness (QED) is 0.800. The molecule has 2 aromatic heterocycles. The molecule has 3 rings (SSSR count). The maximum absolute atomic E-state index is 5.93. The molecular formula is C16H22ClN3. The van der Waals surface area contributed by atoms with Crippen molar-refractivity contribution in [3.8, 4) is 0 Å². The first-order chi connectivity index (χ1) is 9.39. The topological polar surface area (TPSA) is 30.7 Å². The Balaban J connectivity index is 2.00. The molecule has 2 heterocycles. The van der Waals surface area contributed by atoms with Crippen molar-refractivity contribution < 1.29 is 0 Å². The van der Waals surface area contributed by atoms with Gasteiger partial charge in [-0.25, -0.2) is 4.98 Å². The Kier molecular flexibility index (Phi) is 3.09. The number of aryl methyl sites for hydroxylation is 1. The van der Waals surface area contributed by atoms with Gasteiger partial charge in [-0.2, -0.15) is 0 Å². The molecule has 3 nitrogen and oxygen atoms in total. The summed E-state index contributed by atoms with van der Waals surface area (Å²) in [5, 5.41) is 0. The van der Waals surface area contributed by atoms with Gasteiger partial charge in [0.2, 0.25) is 0 Å². The summed E-state index contributed by atoms with van der Waals surface area (Å²) < 4.78 is 2.35. The lowest BCUT2D eigenvalue weighted by molar-refractivity contribution is 0.457. The zero-order valence-corrected chi connectivity index (χ0v) is 13.4. The lowest BCUT2D eigenvalue weighted by Gasteiger charge is -2.10. The van der Waals surface area contributed by atoms with E-state index in [9.17, 15) is 0 Å². The smallest absolute Gasteiger partial charge is 0.111 e. The van der Waals surface area contributed by atoms with Crippen LogP contribution in [0.25, 0.3) is 11.0 Å². The molecule has 108 valence electrons. The Bertz CT molecular complexity index is 628. The molecule has 0 atom stereocenters. The lowest BCUT2D eigenvalue weighted by Crippen LogP contribution is -2.09. The summed E-state index contributed by atoms with van der Waals surface area (Å²) in [6.07, 6.45) is 4.49. The van der Waals surface area contributed by atoms with E-state index in [-0.39, 0.29) is 0 Å². The van der Waals surface area contributed by atoms with Crippen LogP contribution in [-0.2, 0) is 13.0 Å². The van der Waals surface area contributed by atoms with Gasteiger partial charge in [0.05, 0.1) is 11.7 Å². The summed E-state index contributed by atoms with van der Waals surface area (Å²) in [6, 6.07) is 2.06. The largest absolute Gasteiger partial charge is 0.328 e. The first kappa shape index (κ1) is 13.9. The molecule has 0 amide bonds. The molecule has 0 saturated heterocycles. The fourth-order valence-electron chi connectivity index (χ4n) is 3.48. The molecule has 0 radical (unpaired) electrons. The van der Waals surface area contributed by atoms with Crippen LogP contribution in [0, 0.1) is 16.7 Å². The molecule has 1 aliphatic carbocycles. The molecular weight excluding hydrogens is 270 g/mol. The number of imidazole rings is 1. The van der Waals surface area contributed by atoms with E-state index in [0.29, 0.717) is 22.6 Å². The maximum Gasteiger partial charge on any atom is 0.111 e. The van der Waals surface area contributed by atoms with E-state index in [4.69, 9.17) is 16.6 Å². The standard InChI is InChI=1S/C16H22ClN3/c1-15(2)13(16(15,3)4)10-20-12-6-8-18-9-11(12)19-14(20)5-7-17/h6,8-9,13H,5,7,10H2,1-4H3. The number of aromatic nitrogens is 3. The van der Waals surface area contributed by atoms with Crippen LogP contribution in [0.3, 0.4) is 0 Å². The highest BCUT2D eigenvalue weighted by molar-refractivity contribution is 6.17. The number of rotatable bonds is 4. The summed E-state index contributed by atoms with van der Waals surface area (Å²) in [4.78, 5) is 8.87. The van der Waals surface area contributed by atoms with Crippen molar-refractivity contribution in [2.24, 2.45) is 16.7 Å². The van der Waals surface area contributed by atoms with Crippen LogP contribution in [0.4, 0.5) is 0 Å².